The minimum absolute atomic E-state index is 0.00693. The molecular formula is C22H30N4O6. The van der Waals surface area contributed by atoms with Crippen molar-refractivity contribution in [3.63, 3.8) is 0 Å². The highest BCUT2D eigenvalue weighted by Crippen LogP contribution is 2.29. The van der Waals surface area contributed by atoms with Gasteiger partial charge in [-0.05, 0) is 50.8 Å². The lowest BCUT2D eigenvalue weighted by atomic mass is 10.1. The van der Waals surface area contributed by atoms with Crippen molar-refractivity contribution in [2.45, 2.75) is 60.1 Å². The third kappa shape index (κ3) is 6.29. The van der Waals surface area contributed by atoms with Gasteiger partial charge >= 0.3 is 5.97 Å². The number of nitro benzene ring substituents is 1. The van der Waals surface area contributed by atoms with E-state index in [0.29, 0.717) is 12.3 Å². The SMILES string of the molecule is COc1ccc(NC(=O)C(C)OC(=O)CCc2c(C)nn(CC(C)C)c2C)c([N+](=O)[O-])c1. The number of rotatable bonds is 10. The Kier molecular flexibility index (Phi) is 8.34. The highest BCUT2D eigenvalue weighted by atomic mass is 16.6. The number of carbonyl (C=O) groups is 2. The zero-order chi connectivity index (χ0) is 24.0. The normalized spacial score (nSPS) is 11.8. The van der Waals surface area contributed by atoms with E-state index in [2.05, 4.69) is 24.3 Å². The van der Waals surface area contributed by atoms with Gasteiger partial charge in [-0.2, -0.15) is 5.10 Å². The maximum absolute atomic E-state index is 12.4. The summed E-state index contributed by atoms with van der Waals surface area (Å²) >= 11 is 0. The van der Waals surface area contributed by atoms with Crippen LogP contribution in [0.2, 0.25) is 0 Å². The largest absolute Gasteiger partial charge is 0.496 e. The molecule has 10 nitrogen and oxygen atoms in total. The monoisotopic (exact) mass is 446 g/mol. The number of nitro groups is 1. The van der Waals surface area contributed by atoms with Gasteiger partial charge in [0, 0.05) is 18.7 Å². The van der Waals surface area contributed by atoms with E-state index >= 15 is 0 Å². The maximum atomic E-state index is 12.4. The van der Waals surface area contributed by atoms with Crippen LogP contribution in [-0.4, -0.2) is 39.8 Å². The first kappa shape index (κ1) is 24.8. The van der Waals surface area contributed by atoms with Crippen LogP contribution in [0, 0.1) is 29.9 Å². The smallest absolute Gasteiger partial charge is 0.306 e. The Labute approximate surface area is 187 Å². The number of hydrogen-bond donors (Lipinski definition) is 1. The first-order valence-corrected chi connectivity index (χ1v) is 10.4. The number of anilines is 1. The quantitative estimate of drug-likeness (QED) is 0.336. The number of methoxy groups -OCH3 is 1. The summed E-state index contributed by atoms with van der Waals surface area (Å²) in [5.41, 5.74) is 2.55. The van der Waals surface area contributed by atoms with E-state index in [9.17, 15) is 19.7 Å². The number of aromatic nitrogens is 2. The van der Waals surface area contributed by atoms with E-state index in [-0.39, 0.29) is 23.5 Å². The van der Waals surface area contributed by atoms with Gasteiger partial charge in [-0.25, -0.2) is 0 Å². The number of carbonyl (C=O) groups excluding carboxylic acids is 2. The number of amides is 1. The molecule has 2 aromatic rings. The predicted octanol–water partition coefficient (Wildman–Crippen LogP) is 3.58. The summed E-state index contributed by atoms with van der Waals surface area (Å²) in [6.45, 7) is 10.3. The van der Waals surface area contributed by atoms with Crippen molar-refractivity contribution in [3.05, 3.63) is 45.3 Å². The molecule has 0 bridgehead atoms. The molecule has 1 atom stereocenters. The fourth-order valence-corrected chi connectivity index (χ4v) is 3.29. The minimum atomic E-state index is -1.12. The second-order valence-corrected chi connectivity index (χ2v) is 7.99. The molecule has 2 rings (SSSR count). The van der Waals surface area contributed by atoms with Crippen LogP contribution in [-0.2, 0) is 27.3 Å². The molecule has 1 aromatic carbocycles. The van der Waals surface area contributed by atoms with Crippen molar-refractivity contribution in [2.75, 3.05) is 12.4 Å². The molecule has 1 heterocycles. The summed E-state index contributed by atoms with van der Waals surface area (Å²) in [5, 5.41) is 18.2. The molecule has 0 fully saturated rings. The Morgan fingerprint density at radius 1 is 1.25 bits per heavy atom. The van der Waals surface area contributed by atoms with Gasteiger partial charge in [0.1, 0.15) is 11.4 Å². The van der Waals surface area contributed by atoms with Crippen molar-refractivity contribution in [2.24, 2.45) is 5.92 Å². The van der Waals surface area contributed by atoms with E-state index < -0.39 is 22.9 Å². The van der Waals surface area contributed by atoms with Crippen molar-refractivity contribution >= 4 is 23.3 Å². The first-order valence-electron chi connectivity index (χ1n) is 10.4. The maximum Gasteiger partial charge on any atom is 0.306 e. The summed E-state index contributed by atoms with van der Waals surface area (Å²) < 4.78 is 12.1. The number of aryl methyl sites for hydroxylation is 1. The molecule has 174 valence electrons. The molecule has 0 aliphatic carbocycles. The molecule has 32 heavy (non-hydrogen) atoms. The lowest BCUT2D eigenvalue weighted by molar-refractivity contribution is -0.384. The van der Waals surface area contributed by atoms with Crippen LogP contribution in [0.5, 0.6) is 5.75 Å². The predicted molar refractivity (Wildman–Crippen MR) is 119 cm³/mol. The van der Waals surface area contributed by atoms with Crippen LogP contribution in [0.3, 0.4) is 0 Å². The zero-order valence-corrected chi connectivity index (χ0v) is 19.3. The van der Waals surface area contributed by atoms with E-state index in [1.54, 1.807) is 0 Å². The second kappa shape index (κ2) is 10.7. The number of nitrogens with one attached hydrogen (secondary N) is 1. The van der Waals surface area contributed by atoms with Crippen LogP contribution in [0.25, 0.3) is 0 Å². The first-order chi connectivity index (χ1) is 15.0. The molecule has 0 saturated heterocycles. The van der Waals surface area contributed by atoms with Gasteiger partial charge in [-0.15, -0.1) is 0 Å². The summed E-state index contributed by atoms with van der Waals surface area (Å²) in [6, 6.07) is 4.06. The Morgan fingerprint density at radius 2 is 1.94 bits per heavy atom. The summed E-state index contributed by atoms with van der Waals surface area (Å²) in [7, 11) is 1.39. The van der Waals surface area contributed by atoms with Crippen LogP contribution >= 0.6 is 0 Å². The van der Waals surface area contributed by atoms with Crippen LogP contribution in [0.1, 0.15) is 44.1 Å². The number of ether oxygens (including phenoxy) is 2. The third-order valence-electron chi connectivity index (χ3n) is 4.99. The van der Waals surface area contributed by atoms with Gasteiger partial charge in [0.2, 0.25) is 0 Å². The molecule has 0 aliphatic heterocycles. The molecule has 1 amide bonds. The van der Waals surface area contributed by atoms with Crippen molar-refractivity contribution < 1.29 is 24.0 Å². The van der Waals surface area contributed by atoms with Crippen LogP contribution in [0.15, 0.2) is 18.2 Å². The highest BCUT2D eigenvalue weighted by molar-refractivity contribution is 5.97. The van der Waals surface area contributed by atoms with Gasteiger partial charge in [-0.3, -0.25) is 24.4 Å². The third-order valence-corrected chi connectivity index (χ3v) is 4.99. The fourth-order valence-electron chi connectivity index (χ4n) is 3.29. The van der Waals surface area contributed by atoms with Crippen molar-refractivity contribution in [3.8, 4) is 5.75 Å². The minimum Gasteiger partial charge on any atom is -0.496 e. The Morgan fingerprint density at radius 3 is 2.53 bits per heavy atom. The Bertz CT molecular complexity index is 999. The summed E-state index contributed by atoms with van der Waals surface area (Å²) in [4.78, 5) is 35.3. The molecular weight excluding hydrogens is 416 g/mol. The molecule has 0 saturated carbocycles. The van der Waals surface area contributed by atoms with Crippen LogP contribution in [0.4, 0.5) is 11.4 Å². The average molecular weight is 447 g/mol. The number of nitrogens with zero attached hydrogens (tertiary/aromatic N) is 3. The fraction of sp³-hybridized carbons (Fsp3) is 0.500. The van der Waals surface area contributed by atoms with Gasteiger partial charge < -0.3 is 14.8 Å². The molecule has 1 unspecified atom stereocenters. The molecule has 10 heteroatoms. The number of hydrogen-bond acceptors (Lipinski definition) is 7. The number of benzene rings is 1. The van der Waals surface area contributed by atoms with Crippen molar-refractivity contribution in [1.29, 1.82) is 0 Å². The van der Waals surface area contributed by atoms with Crippen LogP contribution < -0.4 is 10.1 Å². The summed E-state index contributed by atoms with van der Waals surface area (Å²) in [6.07, 6.45) is -0.572. The zero-order valence-electron chi connectivity index (χ0n) is 19.3. The van der Waals surface area contributed by atoms with E-state index in [4.69, 9.17) is 9.47 Å². The van der Waals surface area contributed by atoms with Gasteiger partial charge in [0.15, 0.2) is 6.10 Å². The lowest BCUT2D eigenvalue weighted by Crippen LogP contribution is -2.30. The average Bonchev–Trinajstić information content (AvgIpc) is 2.98. The van der Waals surface area contributed by atoms with E-state index in [1.165, 1.54) is 32.2 Å². The van der Waals surface area contributed by atoms with Gasteiger partial charge in [0.05, 0.1) is 23.8 Å². The number of esters is 1. The Hall–Kier alpha value is -3.43. The van der Waals surface area contributed by atoms with E-state index in [1.807, 2.05) is 18.5 Å². The molecule has 0 spiro atoms. The lowest BCUT2D eigenvalue weighted by Gasteiger charge is -2.14. The molecule has 1 N–H and O–H groups in total. The highest BCUT2D eigenvalue weighted by Gasteiger charge is 2.23. The molecule has 0 radical (unpaired) electrons. The van der Waals surface area contributed by atoms with Gasteiger partial charge in [0.25, 0.3) is 11.6 Å². The standard InChI is InChI=1S/C22H30N4O6/c1-13(2)12-25-15(4)18(14(3)24-25)8-10-21(27)32-16(5)22(28)23-19-9-7-17(31-6)11-20(19)26(29)30/h7,9,11,13,16H,8,10,12H2,1-6H3,(H,23,28). The Balaban J connectivity index is 1.96. The second-order valence-electron chi connectivity index (χ2n) is 7.99. The topological polar surface area (TPSA) is 126 Å². The van der Waals surface area contributed by atoms with E-state index in [0.717, 1.165) is 23.5 Å². The molecule has 0 aliphatic rings. The molecule has 1 aromatic heterocycles. The van der Waals surface area contributed by atoms with Gasteiger partial charge in [-0.1, -0.05) is 13.8 Å². The summed E-state index contributed by atoms with van der Waals surface area (Å²) in [5.74, 6) is -0.459. The van der Waals surface area contributed by atoms with Crippen molar-refractivity contribution in [1.82, 2.24) is 9.78 Å².